The summed E-state index contributed by atoms with van der Waals surface area (Å²) in [6.45, 7) is 3.93. The SMILES string of the molecule is Cc1cc(C)n(-c2nncc3[nH]cnc23)n1. The molecule has 0 unspecified atom stereocenters. The van der Waals surface area contributed by atoms with E-state index < -0.39 is 0 Å². The van der Waals surface area contributed by atoms with Gasteiger partial charge in [0.1, 0.15) is 5.52 Å². The molecule has 3 heterocycles. The van der Waals surface area contributed by atoms with Gasteiger partial charge in [0, 0.05) is 5.69 Å². The van der Waals surface area contributed by atoms with Crippen molar-refractivity contribution in [3.8, 4) is 5.82 Å². The monoisotopic (exact) mass is 214 g/mol. The Labute approximate surface area is 91.3 Å². The van der Waals surface area contributed by atoms with Crippen LogP contribution in [0.15, 0.2) is 18.6 Å². The molecule has 0 amide bonds. The minimum Gasteiger partial charge on any atom is -0.343 e. The van der Waals surface area contributed by atoms with Crippen LogP contribution in [0.2, 0.25) is 0 Å². The van der Waals surface area contributed by atoms with Gasteiger partial charge in [0.25, 0.3) is 0 Å². The highest BCUT2D eigenvalue weighted by atomic mass is 15.4. The zero-order valence-electron chi connectivity index (χ0n) is 8.97. The highest BCUT2D eigenvalue weighted by molar-refractivity contribution is 5.80. The summed E-state index contributed by atoms with van der Waals surface area (Å²) in [5.41, 5.74) is 3.60. The molecule has 6 heteroatoms. The molecule has 0 spiro atoms. The van der Waals surface area contributed by atoms with Crippen LogP contribution in [-0.2, 0) is 0 Å². The number of fused-ring (bicyclic) bond motifs is 1. The summed E-state index contributed by atoms with van der Waals surface area (Å²) < 4.78 is 1.76. The van der Waals surface area contributed by atoms with Gasteiger partial charge in [0.2, 0.25) is 5.82 Å². The summed E-state index contributed by atoms with van der Waals surface area (Å²) in [7, 11) is 0. The third-order valence-electron chi connectivity index (χ3n) is 2.43. The predicted molar refractivity (Wildman–Crippen MR) is 58.3 cm³/mol. The second kappa shape index (κ2) is 3.13. The average molecular weight is 214 g/mol. The van der Waals surface area contributed by atoms with Gasteiger partial charge in [-0.2, -0.15) is 10.2 Å². The standard InChI is InChI=1S/C10H10N6/c1-6-3-7(2)16(15-6)10-9-8(4-13-14-10)11-5-12-9/h3-5H,1-2H3,(H,11,12). The Kier molecular flexibility index (Phi) is 1.76. The van der Waals surface area contributed by atoms with E-state index in [4.69, 9.17) is 0 Å². The van der Waals surface area contributed by atoms with Gasteiger partial charge < -0.3 is 4.98 Å². The van der Waals surface area contributed by atoms with Gasteiger partial charge in [-0.05, 0) is 19.9 Å². The fraction of sp³-hybridized carbons (Fsp3) is 0.200. The van der Waals surface area contributed by atoms with Crippen molar-refractivity contribution in [3.05, 3.63) is 30.0 Å². The zero-order chi connectivity index (χ0) is 11.1. The molecule has 0 aliphatic heterocycles. The van der Waals surface area contributed by atoms with E-state index in [0.29, 0.717) is 5.82 Å². The molecule has 1 N–H and O–H groups in total. The Morgan fingerprint density at radius 1 is 1.31 bits per heavy atom. The zero-order valence-corrected chi connectivity index (χ0v) is 8.97. The summed E-state index contributed by atoms with van der Waals surface area (Å²) in [4.78, 5) is 7.23. The molecule has 80 valence electrons. The number of H-pyrrole nitrogens is 1. The van der Waals surface area contributed by atoms with Crippen molar-refractivity contribution in [1.82, 2.24) is 29.9 Å². The lowest BCUT2D eigenvalue weighted by molar-refractivity contribution is 0.789. The third kappa shape index (κ3) is 1.19. The maximum Gasteiger partial charge on any atom is 0.204 e. The number of hydrogen-bond donors (Lipinski definition) is 1. The van der Waals surface area contributed by atoms with Crippen molar-refractivity contribution in [2.75, 3.05) is 0 Å². The Balaban J connectivity index is 2.33. The first kappa shape index (κ1) is 9.02. The second-order valence-corrected chi connectivity index (χ2v) is 3.67. The van der Waals surface area contributed by atoms with E-state index >= 15 is 0 Å². The van der Waals surface area contributed by atoms with E-state index in [0.717, 1.165) is 22.4 Å². The molecule has 0 fully saturated rings. The summed E-state index contributed by atoms with van der Waals surface area (Å²) >= 11 is 0. The Morgan fingerprint density at radius 2 is 2.19 bits per heavy atom. The minimum atomic E-state index is 0.657. The van der Waals surface area contributed by atoms with Crippen molar-refractivity contribution in [1.29, 1.82) is 0 Å². The summed E-state index contributed by atoms with van der Waals surface area (Å²) in [6, 6.07) is 1.99. The molecule has 0 radical (unpaired) electrons. The highest BCUT2D eigenvalue weighted by Crippen LogP contribution is 2.16. The average Bonchev–Trinajstić information content (AvgIpc) is 2.84. The quantitative estimate of drug-likeness (QED) is 0.659. The molecule has 3 aromatic heterocycles. The molecule has 6 nitrogen and oxygen atoms in total. The van der Waals surface area contributed by atoms with Crippen LogP contribution in [0.3, 0.4) is 0 Å². The number of aryl methyl sites for hydroxylation is 2. The first-order valence-electron chi connectivity index (χ1n) is 4.94. The van der Waals surface area contributed by atoms with Gasteiger partial charge in [-0.15, -0.1) is 5.10 Å². The van der Waals surface area contributed by atoms with Crippen LogP contribution in [0.4, 0.5) is 0 Å². The molecule has 0 saturated heterocycles. The molecule has 3 rings (SSSR count). The van der Waals surface area contributed by atoms with Crippen LogP contribution < -0.4 is 0 Å². The lowest BCUT2D eigenvalue weighted by atomic mass is 10.4. The van der Waals surface area contributed by atoms with Crippen molar-refractivity contribution in [2.24, 2.45) is 0 Å². The number of hydrogen-bond acceptors (Lipinski definition) is 4. The Bertz CT molecular complexity index is 650. The van der Waals surface area contributed by atoms with E-state index in [1.165, 1.54) is 0 Å². The molecule has 0 saturated carbocycles. The number of rotatable bonds is 1. The number of imidazole rings is 1. The van der Waals surface area contributed by atoms with E-state index in [2.05, 4.69) is 25.3 Å². The number of aromatic amines is 1. The van der Waals surface area contributed by atoms with Gasteiger partial charge in [-0.1, -0.05) is 0 Å². The maximum absolute atomic E-state index is 4.37. The van der Waals surface area contributed by atoms with Crippen LogP contribution in [0.5, 0.6) is 0 Å². The van der Waals surface area contributed by atoms with Gasteiger partial charge in [0.05, 0.1) is 23.7 Å². The number of nitrogens with one attached hydrogen (secondary N) is 1. The van der Waals surface area contributed by atoms with Crippen LogP contribution >= 0.6 is 0 Å². The van der Waals surface area contributed by atoms with Crippen molar-refractivity contribution >= 4 is 11.0 Å². The molecule has 3 aromatic rings. The summed E-state index contributed by atoms with van der Waals surface area (Å²) in [5.74, 6) is 0.657. The summed E-state index contributed by atoms with van der Waals surface area (Å²) in [6.07, 6.45) is 3.28. The van der Waals surface area contributed by atoms with E-state index in [9.17, 15) is 0 Å². The van der Waals surface area contributed by atoms with Gasteiger partial charge in [-0.25, -0.2) is 9.67 Å². The smallest absolute Gasteiger partial charge is 0.204 e. The topological polar surface area (TPSA) is 72.3 Å². The fourth-order valence-electron chi connectivity index (χ4n) is 1.76. The van der Waals surface area contributed by atoms with Crippen LogP contribution in [-0.4, -0.2) is 29.9 Å². The predicted octanol–water partition coefficient (Wildman–Crippen LogP) is 1.16. The van der Waals surface area contributed by atoms with Crippen molar-refractivity contribution < 1.29 is 0 Å². The maximum atomic E-state index is 4.37. The molecule has 0 aliphatic rings. The molecule has 0 aromatic carbocycles. The number of nitrogens with zero attached hydrogens (tertiary/aromatic N) is 5. The van der Waals surface area contributed by atoms with Gasteiger partial charge in [0.15, 0.2) is 0 Å². The lowest BCUT2D eigenvalue weighted by Crippen LogP contribution is -2.04. The highest BCUT2D eigenvalue weighted by Gasteiger charge is 2.11. The van der Waals surface area contributed by atoms with Gasteiger partial charge >= 0.3 is 0 Å². The third-order valence-corrected chi connectivity index (χ3v) is 2.43. The van der Waals surface area contributed by atoms with E-state index in [-0.39, 0.29) is 0 Å². The second-order valence-electron chi connectivity index (χ2n) is 3.67. The van der Waals surface area contributed by atoms with Crippen molar-refractivity contribution in [3.63, 3.8) is 0 Å². The first-order chi connectivity index (χ1) is 7.75. The minimum absolute atomic E-state index is 0.657. The molecule has 0 aliphatic carbocycles. The molecule has 0 atom stereocenters. The molecular weight excluding hydrogens is 204 g/mol. The molecule has 0 bridgehead atoms. The normalized spacial score (nSPS) is 11.1. The van der Waals surface area contributed by atoms with E-state index in [1.54, 1.807) is 17.2 Å². The van der Waals surface area contributed by atoms with Crippen molar-refractivity contribution in [2.45, 2.75) is 13.8 Å². The molecule has 16 heavy (non-hydrogen) atoms. The largest absolute Gasteiger partial charge is 0.343 e. The lowest BCUT2D eigenvalue weighted by Gasteiger charge is -2.02. The first-order valence-corrected chi connectivity index (χ1v) is 4.94. The van der Waals surface area contributed by atoms with E-state index in [1.807, 2.05) is 19.9 Å². The number of aromatic nitrogens is 6. The Morgan fingerprint density at radius 3 is 2.94 bits per heavy atom. The van der Waals surface area contributed by atoms with Crippen LogP contribution in [0, 0.1) is 13.8 Å². The summed E-state index contributed by atoms with van der Waals surface area (Å²) in [5, 5.41) is 12.4. The van der Waals surface area contributed by atoms with Crippen LogP contribution in [0.25, 0.3) is 16.9 Å². The van der Waals surface area contributed by atoms with Crippen LogP contribution in [0.1, 0.15) is 11.4 Å². The Hall–Kier alpha value is -2.24. The molecular formula is C10H10N6. The van der Waals surface area contributed by atoms with Gasteiger partial charge in [-0.3, -0.25) is 0 Å². The fourth-order valence-corrected chi connectivity index (χ4v) is 1.76.